The monoisotopic (exact) mass is 371 g/mol. The molecule has 0 aromatic carbocycles. The number of morpholine rings is 2. The largest absolute Gasteiger partial charge is 0.481 e. The number of carbonyl (C=O) groups is 5. The Balaban J connectivity index is 2.24. The number of carbonyl (C=O) groups excluding carboxylic acids is 4. The molecule has 0 aromatic heterocycles. The molecule has 11 heteroatoms. The first kappa shape index (κ1) is 19.9. The Morgan fingerprint density at radius 1 is 1.00 bits per heavy atom. The van der Waals surface area contributed by atoms with Crippen LogP contribution in [-0.4, -0.2) is 83.1 Å². The number of nitrogens with zero attached hydrogens (tertiary/aromatic N) is 2. The van der Waals surface area contributed by atoms with Gasteiger partial charge in [-0.15, -0.1) is 0 Å². The van der Waals surface area contributed by atoms with Crippen LogP contribution in [0.2, 0.25) is 0 Å². The van der Waals surface area contributed by atoms with Crippen LogP contribution in [0.3, 0.4) is 0 Å². The van der Waals surface area contributed by atoms with Crippen molar-refractivity contribution in [3.05, 3.63) is 0 Å². The summed E-state index contributed by atoms with van der Waals surface area (Å²) in [5, 5.41) is 9.27. The van der Waals surface area contributed by atoms with Crippen molar-refractivity contribution in [2.75, 3.05) is 26.2 Å². The van der Waals surface area contributed by atoms with E-state index >= 15 is 0 Å². The van der Waals surface area contributed by atoms with Gasteiger partial charge in [-0.1, -0.05) is 6.92 Å². The minimum absolute atomic E-state index is 0.173. The molecule has 0 aromatic rings. The number of cyclic esters (lactones) is 4. The Morgan fingerprint density at radius 3 is 1.81 bits per heavy atom. The maximum atomic E-state index is 11.6. The third kappa shape index (κ3) is 4.84. The van der Waals surface area contributed by atoms with E-state index in [0.717, 1.165) is 0 Å². The lowest BCUT2D eigenvalue weighted by Gasteiger charge is -2.42. The lowest BCUT2D eigenvalue weighted by molar-refractivity contribution is -0.169. The number of ether oxygens (including phenoxy) is 2. The summed E-state index contributed by atoms with van der Waals surface area (Å²) in [4.78, 5) is 60.3. The van der Waals surface area contributed by atoms with Crippen LogP contribution in [-0.2, 0) is 33.4 Å². The summed E-state index contributed by atoms with van der Waals surface area (Å²) < 4.78 is 8.94. The van der Waals surface area contributed by atoms with Crippen LogP contribution >= 0.6 is 0 Å². The van der Waals surface area contributed by atoms with Gasteiger partial charge in [-0.3, -0.25) is 33.8 Å². The predicted molar refractivity (Wildman–Crippen MR) is 83.1 cm³/mol. The molecular weight excluding hydrogens is 350 g/mol. The van der Waals surface area contributed by atoms with E-state index in [1.807, 2.05) is 0 Å². The van der Waals surface area contributed by atoms with Gasteiger partial charge in [0.2, 0.25) is 0 Å². The van der Waals surface area contributed by atoms with Crippen molar-refractivity contribution in [3.63, 3.8) is 0 Å². The Bertz CT molecular complexity index is 590. The number of esters is 4. The van der Waals surface area contributed by atoms with E-state index in [1.165, 1.54) is 9.80 Å². The highest BCUT2D eigenvalue weighted by molar-refractivity contribution is 5.90. The Hall–Kier alpha value is -2.37. The first-order valence-corrected chi connectivity index (χ1v) is 8.13. The molecule has 0 radical (unpaired) electrons. The standard InChI is InChI=1S/C15H21N3O8/c1-2-9(17-4-11(21)25-12(22)5-17)8(3-10(19)20)15(16)18-6-13(23)26-14(24)7-18/h8-9,15H,2-7,16H2,1H3,(H,19,20). The lowest BCUT2D eigenvalue weighted by Crippen LogP contribution is -2.60. The van der Waals surface area contributed by atoms with Crippen molar-refractivity contribution in [2.24, 2.45) is 11.7 Å². The van der Waals surface area contributed by atoms with Gasteiger partial charge in [-0.2, -0.15) is 0 Å². The van der Waals surface area contributed by atoms with E-state index in [0.29, 0.717) is 6.42 Å². The number of hydrogen-bond donors (Lipinski definition) is 2. The molecule has 3 atom stereocenters. The second-order valence-electron chi connectivity index (χ2n) is 6.23. The predicted octanol–water partition coefficient (Wildman–Crippen LogP) is -2.09. The van der Waals surface area contributed by atoms with Gasteiger partial charge in [-0.25, -0.2) is 0 Å². The van der Waals surface area contributed by atoms with E-state index in [4.69, 9.17) is 5.73 Å². The summed E-state index contributed by atoms with van der Waals surface area (Å²) in [7, 11) is 0. The zero-order valence-electron chi connectivity index (χ0n) is 14.3. The SMILES string of the molecule is CCC(C(CC(=O)O)C(N)N1CC(=O)OC(=O)C1)N1CC(=O)OC(=O)C1. The van der Waals surface area contributed by atoms with Gasteiger partial charge in [0, 0.05) is 12.0 Å². The number of carboxylic acid groups (broad SMARTS) is 1. The molecule has 0 aliphatic carbocycles. The zero-order chi connectivity index (χ0) is 19.4. The molecular formula is C15H21N3O8. The molecule has 144 valence electrons. The van der Waals surface area contributed by atoms with Crippen molar-refractivity contribution in [1.29, 1.82) is 0 Å². The normalized spacial score (nSPS) is 23.2. The lowest BCUT2D eigenvalue weighted by atomic mass is 9.88. The first-order chi connectivity index (χ1) is 12.2. The van der Waals surface area contributed by atoms with Crippen molar-refractivity contribution < 1.29 is 38.6 Å². The van der Waals surface area contributed by atoms with E-state index in [2.05, 4.69) is 9.47 Å². The summed E-state index contributed by atoms with van der Waals surface area (Å²) >= 11 is 0. The fourth-order valence-electron chi connectivity index (χ4n) is 3.39. The number of carboxylic acids is 1. The molecule has 0 bridgehead atoms. The smallest absolute Gasteiger partial charge is 0.327 e. The van der Waals surface area contributed by atoms with E-state index in [-0.39, 0.29) is 32.6 Å². The second kappa shape index (κ2) is 8.34. The van der Waals surface area contributed by atoms with Crippen LogP contribution in [0.1, 0.15) is 19.8 Å². The van der Waals surface area contributed by atoms with Crippen LogP contribution in [0.4, 0.5) is 0 Å². The third-order valence-corrected chi connectivity index (χ3v) is 4.44. The minimum Gasteiger partial charge on any atom is -0.481 e. The van der Waals surface area contributed by atoms with Gasteiger partial charge in [0.25, 0.3) is 0 Å². The van der Waals surface area contributed by atoms with Crippen LogP contribution < -0.4 is 5.73 Å². The molecule has 2 aliphatic rings. The van der Waals surface area contributed by atoms with E-state index < -0.39 is 48.0 Å². The third-order valence-electron chi connectivity index (χ3n) is 4.44. The maximum absolute atomic E-state index is 11.6. The van der Waals surface area contributed by atoms with Crippen LogP contribution in [0.15, 0.2) is 0 Å². The zero-order valence-corrected chi connectivity index (χ0v) is 14.3. The van der Waals surface area contributed by atoms with E-state index in [1.54, 1.807) is 6.92 Å². The summed E-state index contributed by atoms with van der Waals surface area (Å²) in [6.45, 7) is 0.926. The van der Waals surface area contributed by atoms with Gasteiger partial charge in [0.15, 0.2) is 0 Å². The molecule has 2 heterocycles. The molecule has 2 aliphatic heterocycles. The quantitative estimate of drug-likeness (QED) is 0.373. The van der Waals surface area contributed by atoms with Crippen molar-refractivity contribution >= 4 is 29.8 Å². The van der Waals surface area contributed by atoms with Gasteiger partial charge >= 0.3 is 29.8 Å². The van der Waals surface area contributed by atoms with Gasteiger partial charge in [0.1, 0.15) is 0 Å². The molecule has 0 spiro atoms. The topological polar surface area (TPSA) is 157 Å². The first-order valence-electron chi connectivity index (χ1n) is 8.13. The van der Waals surface area contributed by atoms with Crippen molar-refractivity contribution in [1.82, 2.24) is 9.80 Å². The van der Waals surface area contributed by atoms with Crippen molar-refractivity contribution in [2.45, 2.75) is 32.0 Å². The summed E-state index contributed by atoms with van der Waals surface area (Å²) in [6, 6.07) is -0.536. The van der Waals surface area contributed by atoms with Crippen LogP contribution in [0, 0.1) is 5.92 Å². The second-order valence-corrected chi connectivity index (χ2v) is 6.23. The minimum atomic E-state index is -1.12. The fourth-order valence-corrected chi connectivity index (χ4v) is 3.39. The summed E-state index contributed by atoms with van der Waals surface area (Å²) in [5.41, 5.74) is 6.19. The number of aliphatic carboxylic acids is 1. The highest BCUT2D eigenvalue weighted by Gasteiger charge is 2.41. The molecule has 0 amide bonds. The number of hydrogen-bond acceptors (Lipinski definition) is 10. The van der Waals surface area contributed by atoms with Crippen molar-refractivity contribution in [3.8, 4) is 0 Å². The molecule has 2 saturated heterocycles. The molecule has 2 fully saturated rings. The Kier molecular flexibility index (Phi) is 6.40. The molecule has 11 nitrogen and oxygen atoms in total. The summed E-state index contributed by atoms with van der Waals surface area (Å²) in [5.74, 6) is -4.85. The molecule has 3 N–H and O–H groups in total. The van der Waals surface area contributed by atoms with Gasteiger partial charge in [0.05, 0.1) is 38.8 Å². The molecule has 26 heavy (non-hydrogen) atoms. The van der Waals surface area contributed by atoms with Crippen LogP contribution in [0.25, 0.3) is 0 Å². The molecule has 2 rings (SSSR count). The Labute approximate surface area is 149 Å². The Morgan fingerprint density at radius 2 is 1.42 bits per heavy atom. The maximum Gasteiger partial charge on any atom is 0.327 e. The highest BCUT2D eigenvalue weighted by atomic mass is 16.6. The summed E-state index contributed by atoms with van der Waals surface area (Å²) in [6.07, 6.45) is -0.918. The average Bonchev–Trinajstić information content (AvgIpc) is 2.51. The molecule has 0 saturated carbocycles. The fraction of sp³-hybridized carbons (Fsp3) is 0.667. The van der Waals surface area contributed by atoms with Gasteiger partial charge in [-0.05, 0) is 6.42 Å². The number of rotatable bonds is 7. The number of nitrogens with two attached hydrogens (primary N) is 1. The average molecular weight is 371 g/mol. The highest BCUT2D eigenvalue weighted by Crippen LogP contribution is 2.25. The molecule has 3 unspecified atom stereocenters. The van der Waals surface area contributed by atoms with Crippen LogP contribution in [0.5, 0.6) is 0 Å². The van der Waals surface area contributed by atoms with E-state index in [9.17, 15) is 29.1 Å². The van der Waals surface area contributed by atoms with Gasteiger partial charge < -0.3 is 20.3 Å².